The number of ether oxygens (including phenoxy) is 1. The molecule has 1 aliphatic heterocycles. The highest BCUT2D eigenvalue weighted by atomic mass is 16.5. The minimum atomic E-state index is 0.000464. The first-order valence-corrected chi connectivity index (χ1v) is 23.6. The zero-order valence-corrected chi connectivity index (χ0v) is 37.6. The van der Waals surface area contributed by atoms with Crippen LogP contribution in [0.2, 0.25) is 0 Å². The van der Waals surface area contributed by atoms with E-state index in [1.807, 2.05) is 5.01 Å². The topological polar surface area (TPSA) is 51.3 Å². The predicted octanol–water partition coefficient (Wildman–Crippen LogP) is 11.2. The molecule has 7 nitrogen and oxygen atoms in total. The van der Waals surface area contributed by atoms with E-state index in [0.29, 0.717) is 12.3 Å². The molecule has 0 aromatic heterocycles. The van der Waals surface area contributed by atoms with Crippen LogP contribution in [0, 0.1) is 5.92 Å². The number of nitrogens with zero attached hydrogens (tertiary/aromatic N) is 4. The lowest BCUT2D eigenvalue weighted by Crippen LogP contribution is -2.47. The molecule has 1 saturated heterocycles. The van der Waals surface area contributed by atoms with Crippen LogP contribution >= 0.6 is 0 Å². The summed E-state index contributed by atoms with van der Waals surface area (Å²) in [5.41, 5.74) is 3.37. The molecule has 0 saturated carbocycles. The third-order valence-electron chi connectivity index (χ3n) is 11.2. The Morgan fingerprint density at radius 1 is 0.582 bits per heavy atom. The summed E-state index contributed by atoms with van der Waals surface area (Å²) in [5, 5.41) is 2.04. The minimum Gasteiger partial charge on any atom is -0.462 e. The van der Waals surface area contributed by atoms with Gasteiger partial charge in [0.1, 0.15) is 6.10 Å². The van der Waals surface area contributed by atoms with Crippen LogP contribution < -0.4 is 5.43 Å². The zero-order chi connectivity index (χ0) is 40.0. The molecule has 0 aromatic carbocycles. The average molecular weight is 772 g/mol. The lowest BCUT2D eigenvalue weighted by Gasteiger charge is -2.35. The van der Waals surface area contributed by atoms with Crippen molar-refractivity contribution in [2.45, 2.75) is 181 Å². The van der Waals surface area contributed by atoms with Gasteiger partial charge in [0, 0.05) is 53.4 Å². The molecule has 0 amide bonds. The maximum atomic E-state index is 13.5. The van der Waals surface area contributed by atoms with Crippen LogP contribution in [-0.4, -0.2) is 112 Å². The summed E-state index contributed by atoms with van der Waals surface area (Å²) in [4.78, 5) is 21.0. The lowest BCUT2D eigenvalue weighted by atomic mass is 9.87. The summed E-state index contributed by atoms with van der Waals surface area (Å²) >= 11 is 0. The number of hydrazine groups is 1. The van der Waals surface area contributed by atoms with E-state index in [2.05, 4.69) is 98.5 Å². The SMILES string of the molecule is CCCCC/C=C\CCCC(CCC/C=C\CCCCC)C(CCC/C=C\CCCCC)OC(=O)CCN(C)CCCN1CCN(CCCNN(C)C)CC1. The Morgan fingerprint density at radius 3 is 1.47 bits per heavy atom. The van der Waals surface area contributed by atoms with E-state index in [1.165, 1.54) is 129 Å². The maximum Gasteiger partial charge on any atom is 0.307 e. The van der Waals surface area contributed by atoms with Crippen LogP contribution in [0.4, 0.5) is 0 Å². The Bertz CT molecular complexity index is 903. The molecule has 1 N–H and O–H groups in total. The average Bonchev–Trinajstić information content (AvgIpc) is 3.18. The highest BCUT2D eigenvalue weighted by Crippen LogP contribution is 2.27. The van der Waals surface area contributed by atoms with Gasteiger partial charge in [0.15, 0.2) is 0 Å². The summed E-state index contributed by atoms with van der Waals surface area (Å²) < 4.78 is 6.48. The van der Waals surface area contributed by atoms with Crippen molar-refractivity contribution in [3.05, 3.63) is 36.5 Å². The predicted molar refractivity (Wildman–Crippen MR) is 241 cm³/mol. The second kappa shape index (κ2) is 38.0. The van der Waals surface area contributed by atoms with Crippen molar-refractivity contribution in [2.75, 3.05) is 80.0 Å². The molecule has 0 spiro atoms. The molecule has 1 heterocycles. The van der Waals surface area contributed by atoms with Crippen molar-refractivity contribution in [1.29, 1.82) is 0 Å². The van der Waals surface area contributed by atoms with Gasteiger partial charge in [0.2, 0.25) is 0 Å². The van der Waals surface area contributed by atoms with Crippen molar-refractivity contribution in [3.63, 3.8) is 0 Å². The standard InChI is InChI=1S/C48H93N5O2/c1-7-10-13-16-19-22-25-28-33-46(34-29-26-23-20-17-14-11-8-2)47(35-30-27-24-21-18-15-12-9-3)55-48(54)36-41-51(6)38-32-40-53-44-42-52(43-45-53)39-31-37-49-50(4)5/h19-24,46-47,49H,7-18,25-45H2,1-6H3/b22-19-,23-20-,24-21-. The number of esters is 1. The number of rotatable bonds is 38. The van der Waals surface area contributed by atoms with Crippen molar-refractivity contribution >= 4 is 5.97 Å². The van der Waals surface area contributed by atoms with E-state index < -0.39 is 0 Å². The summed E-state index contributed by atoms with van der Waals surface area (Å²) in [5.74, 6) is 0.438. The Labute approximate surface area is 343 Å². The van der Waals surface area contributed by atoms with E-state index >= 15 is 0 Å². The Balaban J connectivity index is 2.67. The number of hydrogen-bond acceptors (Lipinski definition) is 7. The molecule has 0 aliphatic carbocycles. The lowest BCUT2D eigenvalue weighted by molar-refractivity contribution is -0.153. The number of hydrogen-bond donors (Lipinski definition) is 1. The third kappa shape index (κ3) is 32.2. The molecule has 0 radical (unpaired) electrons. The van der Waals surface area contributed by atoms with E-state index in [-0.39, 0.29) is 12.1 Å². The number of piperazine rings is 1. The van der Waals surface area contributed by atoms with Gasteiger partial charge in [-0.3, -0.25) is 15.2 Å². The van der Waals surface area contributed by atoms with E-state index in [4.69, 9.17) is 4.74 Å². The molecule has 0 bridgehead atoms. The van der Waals surface area contributed by atoms with Gasteiger partial charge in [-0.1, -0.05) is 95.8 Å². The Morgan fingerprint density at radius 2 is 1.02 bits per heavy atom. The first-order valence-electron chi connectivity index (χ1n) is 23.6. The van der Waals surface area contributed by atoms with Crippen LogP contribution in [-0.2, 0) is 9.53 Å². The van der Waals surface area contributed by atoms with Gasteiger partial charge in [-0.15, -0.1) is 0 Å². The normalized spacial score (nSPS) is 15.3. The van der Waals surface area contributed by atoms with Gasteiger partial charge in [-0.05, 0) is 142 Å². The van der Waals surface area contributed by atoms with Crippen LogP contribution in [0.3, 0.4) is 0 Å². The van der Waals surface area contributed by atoms with Crippen LogP contribution in [0.5, 0.6) is 0 Å². The fourth-order valence-electron chi connectivity index (χ4n) is 7.61. The fraction of sp³-hybridized carbons (Fsp3) is 0.854. The van der Waals surface area contributed by atoms with Crippen LogP contribution in [0.1, 0.15) is 175 Å². The van der Waals surface area contributed by atoms with Crippen LogP contribution in [0.15, 0.2) is 36.5 Å². The van der Waals surface area contributed by atoms with Gasteiger partial charge < -0.3 is 19.4 Å². The number of nitrogens with one attached hydrogen (secondary N) is 1. The molecule has 322 valence electrons. The number of carbonyl (C=O) groups is 1. The number of carbonyl (C=O) groups excluding carboxylic acids is 1. The molecule has 1 unspecified atom stereocenters. The molecule has 1 rings (SSSR count). The van der Waals surface area contributed by atoms with Crippen molar-refractivity contribution in [3.8, 4) is 0 Å². The van der Waals surface area contributed by atoms with Gasteiger partial charge >= 0.3 is 5.97 Å². The molecular weight excluding hydrogens is 679 g/mol. The number of unbranched alkanes of at least 4 members (excludes halogenated alkanes) is 12. The van der Waals surface area contributed by atoms with Gasteiger partial charge in [-0.25, -0.2) is 0 Å². The minimum absolute atomic E-state index is 0.000464. The molecule has 0 aromatic rings. The van der Waals surface area contributed by atoms with E-state index in [1.54, 1.807) is 0 Å². The molecule has 55 heavy (non-hydrogen) atoms. The Hall–Kier alpha value is -1.51. The van der Waals surface area contributed by atoms with E-state index in [0.717, 1.165) is 77.5 Å². The molecule has 1 aliphatic rings. The first-order chi connectivity index (χ1) is 26.9. The van der Waals surface area contributed by atoms with Crippen molar-refractivity contribution in [1.82, 2.24) is 25.1 Å². The smallest absolute Gasteiger partial charge is 0.307 e. The largest absolute Gasteiger partial charge is 0.462 e. The highest BCUT2D eigenvalue weighted by Gasteiger charge is 2.25. The molecular formula is C48H93N5O2. The maximum absolute atomic E-state index is 13.5. The third-order valence-corrected chi connectivity index (χ3v) is 11.2. The monoisotopic (exact) mass is 772 g/mol. The van der Waals surface area contributed by atoms with Crippen LogP contribution in [0.25, 0.3) is 0 Å². The van der Waals surface area contributed by atoms with Crippen molar-refractivity contribution < 1.29 is 9.53 Å². The van der Waals surface area contributed by atoms with Gasteiger partial charge in [-0.2, -0.15) is 0 Å². The van der Waals surface area contributed by atoms with E-state index in [9.17, 15) is 4.79 Å². The fourth-order valence-corrected chi connectivity index (χ4v) is 7.61. The summed E-state index contributed by atoms with van der Waals surface area (Å²) in [6, 6.07) is 0. The van der Waals surface area contributed by atoms with Gasteiger partial charge in [0.25, 0.3) is 0 Å². The molecule has 1 atom stereocenters. The molecule has 7 heteroatoms. The highest BCUT2D eigenvalue weighted by molar-refractivity contribution is 5.69. The summed E-state index contributed by atoms with van der Waals surface area (Å²) in [6.45, 7) is 16.7. The first kappa shape index (κ1) is 51.5. The Kier molecular flexibility index (Phi) is 35.6. The summed E-state index contributed by atoms with van der Waals surface area (Å²) in [6.07, 6.45) is 42.5. The number of allylic oxidation sites excluding steroid dienone is 6. The van der Waals surface area contributed by atoms with Crippen molar-refractivity contribution in [2.24, 2.45) is 5.92 Å². The zero-order valence-electron chi connectivity index (χ0n) is 37.6. The summed E-state index contributed by atoms with van der Waals surface area (Å²) in [7, 11) is 6.28. The quantitative estimate of drug-likeness (QED) is 0.0290. The second-order valence-corrected chi connectivity index (χ2v) is 16.7. The second-order valence-electron chi connectivity index (χ2n) is 16.7. The molecule has 1 fully saturated rings. The van der Waals surface area contributed by atoms with Gasteiger partial charge in [0.05, 0.1) is 6.42 Å².